The number of ether oxygens (including phenoxy) is 1. The summed E-state index contributed by atoms with van der Waals surface area (Å²) < 4.78 is 5.49. The Bertz CT molecular complexity index is 1070. The van der Waals surface area contributed by atoms with Gasteiger partial charge in [0.2, 0.25) is 5.91 Å². The van der Waals surface area contributed by atoms with Crippen molar-refractivity contribution in [2.45, 2.75) is 321 Å². The Morgan fingerprint density at radius 3 is 1.17 bits per heavy atom. The van der Waals surface area contributed by atoms with E-state index < -0.39 is 12.1 Å². The van der Waals surface area contributed by atoms with E-state index in [1.807, 2.05) is 6.08 Å². The van der Waals surface area contributed by atoms with Crippen LogP contribution in [0.25, 0.3) is 0 Å². The summed E-state index contributed by atoms with van der Waals surface area (Å²) in [6, 6.07) is -0.627. The highest BCUT2D eigenvalue weighted by Gasteiger charge is 2.18. The van der Waals surface area contributed by atoms with Gasteiger partial charge >= 0.3 is 5.97 Å². The fourth-order valence-electron chi connectivity index (χ4n) is 8.90. The zero-order chi connectivity index (χ0) is 47.9. The van der Waals surface area contributed by atoms with Gasteiger partial charge in [0.05, 0.1) is 25.4 Å². The Morgan fingerprint density at radius 2 is 0.758 bits per heavy atom. The van der Waals surface area contributed by atoms with Crippen molar-refractivity contribution in [3.63, 3.8) is 0 Å². The Balaban J connectivity index is 3.38. The van der Waals surface area contributed by atoms with Gasteiger partial charge in [-0.3, -0.25) is 9.59 Å². The van der Waals surface area contributed by atoms with Crippen LogP contribution >= 0.6 is 0 Å². The van der Waals surface area contributed by atoms with Crippen LogP contribution in [-0.4, -0.2) is 47.4 Å². The van der Waals surface area contributed by atoms with Gasteiger partial charge in [-0.05, 0) is 64.2 Å². The lowest BCUT2D eigenvalue weighted by Gasteiger charge is -2.20. The summed E-state index contributed by atoms with van der Waals surface area (Å²) in [6.07, 6.45) is 68.9. The molecule has 388 valence electrons. The number of rotatable bonds is 54. The first-order chi connectivity index (χ1) is 32.5. The summed E-state index contributed by atoms with van der Waals surface area (Å²) in [7, 11) is 0. The van der Waals surface area contributed by atoms with E-state index in [-0.39, 0.29) is 18.5 Å². The van der Waals surface area contributed by atoms with Crippen LogP contribution in [-0.2, 0) is 14.3 Å². The minimum atomic E-state index is -0.843. The van der Waals surface area contributed by atoms with Crippen LogP contribution in [0.3, 0.4) is 0 Å². The largest absolute Gasteiger partial charge is 0.466 e. The predicted octanol–water partition coefficient (Wildman–Crippen LogP) is 18.0. The molecule has 0 aromatic heterocycles. The molecule has 0 rings (SSSR count). The maximum absolute atomic E-state index is 12.4. The number of nitrogens with one attached hydrogen (secondary N) is 1. The summed E-state index contributed by atoms with van der Waals surface area (Å²) >= 11 is 0. The molecule has 6 nitrogen and oxygen atoms in total. The molecule has 0 radical (unpaired) electrons. The monoisotopic (exact) mass is 928 g/mol. The molecular formula is C60H113NO5. The smallest absolute Gasteiger partial charge is 0.305 e. The van der Waals surface area contributed by atoms with Crippen LogP contribution in [0.15, 0.2) is 36.5 Å². The number of hydrogen-bond acceptors (Lipinski definition) is 5. The number of allylic oxidation sites excluding steroid dienone is 5. The zero-order valence-corrected chi connectivity index (χ0v) is 44.2. The first-order valence-corrected chi connectivity index (χ1v) is 29.3. The number of aliphatic hydroxyl groups excluding tert-OH is 2. The highest BCUT2D eigenvalue weighted by molar-refractivity contribution is 5.76. The molecule has 0 heterocycles. The van der Waals surface area contributed by atoms with E-state index in [1.165, 1.54) is 231 Å². The van der Waals surface area contributed by atoms with Gasteiger partial charge in [-0.25, -0.2) is 0 Å². The summed E-state index contributed by atoms with van der Waals surface area (Å²) in [5, 5.41) is 23.0. The molecule has 0 aliphatic heterocycles. The van der Waals surface area contributed by atoms with Gasteiger partial charge < -0.3 is 20.3 Å². The molecule has 0 saturated heterocycles. The van der Waals surface area contributed by atoms with E-state index in [4.69, 9.17) is 4.74 Å². The Labute approximate surface area is 411 Å². The Kier molecular flexibility index (Phi) is 54.1. The normalized spacial score (nSPS) is 12.8. The van der Waals surface area contributed by atoms with Gasteiger partial charge in [-0.2, -0.15) is 0 Å². The van der Waals surface area contributed by atoms with Gasteiger partial charge in [-0.15, -0.1) is 0 Å². The molecule has 0 aliphatic rings. The van der Waals surface area contributed by atoms with E-state index in [2.05, 4.69) is 43.5 Å². The van der Waals surface area contributed by atoms with Gasteiger partial charge in [0.1, 0.15) is 0 Å². The van der Waals surface area contributed by atoms with Crippen molar-refractivity contribution in [2.24, 2.45) is 0 Å². The van der Waals surface area contributed by atoms with E-state index in [9.17, 15) is 19.8 Å². The number of amides is 1. The predicted molar refractivity (Wildman–Crippen MR) is 287 cm³/mol. The third-order valence-corrected chi connectivity index (χ3v) is 13.4. The van der Waals surface area contributed by atoms with Gasteiger partial charge in [-0.1, -0.05) is 269 Å². The van der Waals surface area contributed by atoms with Crippen molar-refractivity contribution >= 4 is 11.9 Å². The van der Waals surface area contributed by atoms with Gasteiger partial charge in [0.25, 0.3) is 0 Å². The van der Waals surface area contributed by atoms with Crippen molar-refractivity contribution in [1.82, 2.24) is 5.32 Å². The van der Waals surface area contributed by atoms with Crippen LogP contribution in [0.4, 0.5) is 0 Å². The lowest BCUT2D eigenvalue weighted by atomic mass is 10.0. The minimum Gasteiger partial charge on any atom is -0.466 e. The molecule has 6 heteroatoms. The van der Waals surface area contributed by atoms with Crippen molar-refractivity contribution in [3.05, 3.63) is 36.5 Å². The highest BCUT2D eigenvalue weighted by atomic mass is 16.5. The van der Waals surface area contributed by atoms with Crippen LogP contribution in [0, 0.1) is 0 Å². The molecule has 2 atom stereocenters. The lowest BCUT2D eigenvalue weighted by Crippen LogP contribution is -2.45. The molecule has 66 heavy (non-hydrogen) atoms. The zero-order valence-electron chi connectivity index (χ0n) is 44.2. The number of aliphatic hydroxyl groups is 2. The number of hydrogen-bond donors (Lipinski definition) is 3. The average Bonchev–Trinajstić information content (AvgIpc) is 3.32. The molecule has 0 spiro atoms. The van der Waals surface area contributed by atoms with E-state index >= 15 is 0 Å². The summed E-state index contributed by atoms with van der Waals surface area (Å²) in [6.45, 7) is 4.87. The average molecular weight is 929 g/mol. The molecule has 0 aromatic carbocycles. The molecule has 0 fully saturated rings. The molecule has 0 aliphatic carbocycles. The third-order valence-electron chi connectivity index (χ3n) is 13.4. The molecule has 0 bridgehead atoms. The van der Waals surface area contributed by atoms with Crippen molar-refractivity contribution in [1.29, 1.82) is 0 Å². The summed E-state index contributed by atoms with van der Waals surface area (Å²) in [5.41, 5.74) is 0. The number of unbranched alkanes of at least 4 members (excludes halogenated alkanes) is 39. The number of esters is 1. The highest BCUT2D eigenvalue weighted by Crippen LogP contribution is 2.17. The summed E-state index contributed by atoms with van der Waals surface area (Å²) in [4.78, 5) is 24.5. The molecule has 0 saturated carbocycles. The topological polar surface area (TPSA) is 95.9 Å². The Morgan fingerprint density at radius 1 is 0.424 bits per heavy atom. The van der Waals surface area contributed by atoms with Crippen molar-refractivity contribution < 1.29 is 24.5 Å². The molecular weight excluding hydrogens is 815 g/mol. The molecule has 2 unspecified atom stereocenters. The first kappa shape index (κ1) is 64.1. The second-order valence-electron chi connectivity index (χ2n) is 20.0. The molecule has 1 amide bonds. The summed E-state index contributed by atoms with van der Waals surface area (Å²) in [5.74, 6) is -0.0672. The number of carbonyl (C=O) groups is 2. The number of carbonyl (C=O) groups excluding carboxylic acids is 2. The van der Waals surface area contributed by atoms with Crippen molar-refractivity contribution in [2.75, 3.05) is 13.2 Å². The van der Waals surface area contributed by atoms with E-state index in [0.29, 0.717) is 19.4 Å². The second-order valence-corrected chi connectivity index (χ2v) is 20.0. The SMILES string of the molecule is CCCCCC/C=C\C/C=C\CCCCCCCCCC(=O)OCCCCCCCCCCCCCCCCCCCCCCCC(=O)NC(CO)C(O)/C=C/CCCCCCCCCC. The Hall–Kier alpha value is -1.92. The molecule has 0 aromatic rings. The standard InChI is InChI=1S/C60H113NO5/c1-3-5-7-9-11-13-15-16-17-18-25-28-31-34-38-42-46-50-54-60(65)66-55-51-47-43-39-35-32-29-26-23-21-19-20-22-24-27-30-33-37-41-45-49-53-59(64)61-57(56-62)58(63)52-48-44-40-36-14-12-10-8-6-4-2/h13,15,17-18,48,52,57-58,62-63H,3-12,14,16,19-47,49-51,53-56H2,1-2H3,(H,61,64)/b15-13-,18-17-,52-48+. The van der Waals surface area contributed by atoms with E-state index in [0.717, 1.165) is 51.4 Å². The fraction of sp³-hybridized carbons (Fsp3) is 0.867. The first-order valence-electron chi connectivity index (χ1n) is 29.3. The lowest BCUT2D eigenvalue weighted by molar-refractivity contribution is -0.143. The van der Waals surface area contributed by atoms with Crippen LogP contribution in [0.5, 0.6) is 0 Å². The maximum Gasteiger partial charge on any atom is 0.305 e. The quantitative estimate of drug-likeness (QED) is 0.0321. The second kappa shape index (κ2) is 55.7. The van der Waals surface area contributed by atoms with Gasteiger partial charge in [0.15, 0.2) is 0 Å². The van der Waals surface area contributed by atoms with Crippen LogP contribution in [0.2, 0.25) is 0 Å². The van der Waals surface area contributed by atoms with Crippen molar-refractivity contribution in [3.8, 4) is 0 Å². The van der Waals surface area contributed by atoms with Gasteiger partial charge in [0, 0.05) is 12.8 Å². The van der Waals surface area contributed by atoms with Crippen LogP contribution in [0.1, 0.15) is 309 Å². The van der Waals surface area contributed by atoms with E-state index in [1.54, 1.807) is 6.08 Å². The minimum absolute atomic E-state index is 0.00371. The molecule has 3 N–H and O–H groups in total. The van der Waals surface area contributed by atoms with Crippen LogP contribution < -0.4 is 5.32 Å². The third kappa shape index (κ3) is 51.5. The fourth-order valence-corrected chi connectivity index (χ4v) is 8.90. The maximum atomic E-state index is 12.4.